The predicted octanol–water partition coefficient (Wildman–Crippen LogP) is 3.62. The number of nitrogens with zero attached hydrogens (tertiary/aromatic N) is 2. The topological polar surface area (TPSA) is 116 Å². The first-order valence-electron chi connectivity index (χ1n) is 11.0. The smallest absolute Gasteiger partial charge is 0.420 e. The number of anilines is 2. The molecular formula is C24H20ClF2N5O4. The van der Waals surface area contributed by atoms with Crippen LogP contribution in [0.5, 0.6) is 5.75 Å². The Hall–Kier alpha value is -3.83. The zero-order valence-corrected chi connectivity index (χ0v) is 19.7. The van der Waals surface area contributed by atoms with Gasteiger partial charge in [-0.25, -0.2) is 4.90 Å². The first-order chi connectivity index (χ1) is 17.1. The maximum atomic E-state index is 13.5. The van der Waals surface area contributed by atoms with Crippen molar-refractivity contribution < 1.29 is 27.9 Å². The summed E-state index contributed by atoms with van der Waals surface area (Å²) in [5.41, 5.74) is -2.10. The number of imide groups is 1. The number of carbonyl (C=O) groups is 3. The molecule has 0 aliphatic carbocycles. The number of benzene rings is 2. The van der Waals surface area contributed by atoms with Gasteiger partial charge in [-0.2, -0.15) is 5.10 Å². The molecule has 12 heteroatoms. The number of nitrogens with one attached hydrogen (secondary N) is 3. The number of halogens is 3. The maximum absolute atomic E-state index is 13.5. The number of carbonyl (C=O) groups excluding carboxylic acids is 3. The molecule has 1 fully saturated rings. The van der Waals surface area contributed by atoms with Crippen LogP contribution in [0.4, 0.5) is 20.2 Å². The average molecular weight is 516 g/mol. The standard InChI is InChI=1S/C24H20ClF2N5O4/c1-13(33)32-19-11-14(21(34)30-15-2-4-16(5-3-15)36-24(25,26)27)10-17(18-6-8-29-31-18)20(19)23(22(32)35)7-9-28-12-23/h2-6,8,10-11,28H,7,9,12H2,1H3,(H,29,31)(H,30,34). The summed E-state index contributed by atoms with van der Waals surface area (Å²) in [5, 5.41) is 12.8. The SMILES string of the molecule is CC(=O)N1C(=O)C2(CCNC2)c2c(-c3ccn[nH]3)cc(C(=O)Nc3ccc(OC(F)(F)Cl)cc3)cc21. The lowest BCUT2D eigenvalue weighted by Crippen LogP contribution is -2.43. The Kier molecular flexibility index (Phi) is 5.76. The number of fused-ring (bicyclic) bond motifs is 2. The van der Waals surface area contributed by atoms with Crippen molar-refractivity contribution in [1.29, 1.82) is 0 Å². The van der Waals surface area contributed by atoms with Crippen molar-refractivity contribution in [2.45, 2.75) is 24.3 Å². The summed E-state index contributed by atoms with van der Waals surface area (Å²) in [6.45, 7) is 2.28. The molecule has 0 saturated carbocycles. The molecule has 0 radical (unpaired) electrons. The predicted molar refractivity (Wildman–Crippen MR) is 127 cm³/mol. The number of rotatable bonds is 5. The van der Waals surface area contributed by atoms with Gasteiger partial charge in [0, 0.05) is 53.6 Å². The van der Waals surface area contributed by atoms with E-state index in [1.807, 2.05) is 0 Å². The van der Waals surface area contributed by atoms with Gasteiger partial charge in [-0.05, 0) is 55.4 Å². The average Bonchev–Trinajstić information content (AvgIpc) is 3.55. The minimum absolute atomic E-state index is 0.182. The van der Waals surface area contributed by atoms with E-state index in [9.17, 15) is 23.2 Å². The summed E-state index contributed by atoms with van der Waals surface area (Å²) in [4.78, 5) is 40.4. The van der Waals surface area contributed by atoms with E-state index in [1.54, 1.807) is 18.3 Å². The summed E-state index contributed by atoms with van der Waals surface area (Å²) in [6, 6.07) is 10.1. The van der Waals surface area contributed by atoms with Crippen molar-refractivity contribution >= 4 is 40.7 Å². The number of aromatic nitrogens is 2. The second-order valence-corrected chi connectivity index (χ2v) is 9.02. The molecule has 1 saturated heterocycles. The first-order valence-corrected chi connectivity index (χ1v) is 11.4. The summed E-state index contributed by atoms with van der Waals surface area (Å²) in [7, 11) is 0. The van der Waals surface area contributed by atoms with Crippen LogP contribution in [-0.2, 0) is 15.0 Å². The van der Waals surface area contributed by atoms with Gasteiger partial charge in [0.25, 0.3) is 5.91 Å². The van der Waals surface area contributed by atoms with Crippen molar-refractivity contribution in [2.75, 3.05) is 23.3 Å². The minimum Gasteiger partial charge on any atom is -0.420 e. The normalized spacial score (nSPS) is 19.0. The summed E-state index contributed by atoms with van der Waals surface area (Å²) in [6.07, 6.45) is 2.06. The number of H-pyrrole nitrogens is 1. The zero-order valence-electron chi connectivity index (χ0n) is 18.9. The molecule has 3 N–H and O–H groups in total. The van der Waals surface area contributed by atoms with Gasteiger partial charge in [-0.1, -0.05) is 0 Å². The van der Waals surface area contributed by atoms with Crippen LogP contribution in [-0.4, -0.2) is 46.6 Å². The molecule has 1 unspecified atom stereocenters. The molecule has 1 aromatic heterocycles. The van der Waals surface area contributed by atoms with E-state index in [1.165, 1.54) is 37.3 Å². The van der Waals surface area contributed by atoms with Crippen LogP contribution in [0.2, 0.25) is 0 Å². The lowest BCUT2D eigenvalue weighted by molar-refractivity contribution is -0.127. The highest BCUT2D eigenvalue weighted by atomic mass is 35.5. The second kappa shape index (κ2) is 8.68. The lowest BCUT2D eigenvalue weighted by atomic mass is 9.77. The Balaban J connectivity index is 1.55. The van der Waals surface area contributed by atoms with Gasteiger partial charge >= 0.3 is 5.57 Å². The fourth-order valence-electron chi connectivity index (χ4n) is 4.83. The zero-order chi connectivity index (χ0) is 25.7. The molecule has 3 amide bonds. The fourth-order valence-corrected chi connectivity index (χ4v) is 4.92. The highest BCUT2D eigenvalue weighted by Crippen LogP contribution is 2.50. The highest BCUT2D eigenvalue weighted by Gasteiger charge is 2.55. The summed E-state index contributed by atoms with van der Waals surface area (Å²) < 4.78 is 30.0. The van der Waals surface area contributed by atoms with Crippen LogP contribution in [0.3, 0.4) is 0 Å². The van der Waals surface area contributed by atoms with Crippen LogP contribution < -0.4 is 20.3 Å². The van der Waals surface area contributed by atoms with Gasteiger partial charge in [-0.3, -0.25) is 19.5 Å². The van der Waals surface area contributed by atoms with Crippen molar-refractivity contribution in [2.24, 2.45) is 0 Å². The van der Waals surface area contributed by atoms with Crippen LogP contribution in [0, 0.1) is 0 Å². The van der Waals surface area contributed by atoms with E-state index in [2.05, 4.69) is 25.6 Å². The molecule has 2 aromatic carbocycles. The molecule has 9 nitrogen and oxygen atoms in total. The Bertz CT molecular complexity index is 1350. The molecule has 3 aromatic rings. The van der Waals surface area contributed by atoms with Gasteiger partial charge in [0.05, 0.1) is 16.8 Å². The molecule has 3 heterocycles. The quantitative estimate of drug-likeness (QED) is 0.447. The number of hydrogen-bond acceptors (Lipinski definition) is 6. The Morgan fingerprint density at radius 2 is 1.97 bits per heavy atom. The number of amides is 3. The third kappa shape index (κ3) is 4.10. The highest BCUT2D eigenvalue weighted by molar-refractivity contribution is 6.24. The fraction of sp³-hybridized carbons (Fsp3) is 0.250. The molecule has 2 aliphatic rings. The molecule has 36 heavy (non-hydrogen) atoms. The molecule has 5 rings (SSSR count). The monoisotopic (exact) mass is 515 g/mol. The van der Waals surface area contributed by atoms with E-state index in [-0.39, 0.29) is 17.2 Å². The molecule has 186 valence electrons. The Labute approximate surface area is 208 Å². The summed E-state index contributed by atoms with van der Waals surface area (Å²) >= 11 is 4.78. The van der Waals surface area contributed by atoms with E-state index < -0.39 is 22.8 Å². The largest absolute Gasteiger partial charge is 0.487 e. The number of ether oxygens (including phenoxy) is 1. The summed E-state index contributed by atoms with van der Waals surface area (Å²) in [5.74, 6) is -1.50. The van der Waals surface area contributed by atoms with Crippen molar-refractivity contribution in [1.82, 2.24) is 15.5 Å². The second-order valence-electron chi connectivity index (χ2n) is 8.58. The van der Waals surface area contributed by atoms with Crippen LogP contribution in [0.1, 0.15) is 29.3 Å². The minimum atomic E-state index is -3.86. The lowest BCUT2D eigenvalue weighted by Gasteiger charge is -2.23. The van der Waals surface area contributed by atoms with Gasteiger partial charge in [-0.15, -0.1) is 8.78 Å². The Morgan fingerprint density at radius 3 is 2.56 bits per heavy atom. The molecule has 2 aliphatic heterocycles. The van der Waals surface area contributed by atoms with Crippen LogP contribution >= 0.6 is 11.6 Å². The third-order valence-corrected chi connectivity index (χ3v) is 6.40. The molecule has 1 spiro atoms. The number of alkyl halides is 3. The van der Waals surface area contributed by atoms with Crippen molar-refractivity contribution in [3.63, 3.8) is 0 Å². The first kappa shape index (κ1) is 23.9. The van der Waals surface area contributed by atoms with E-state index >= 15 is 0 Å². The molecule has 1 atom stereocenters. The van der Waals surface area contributed by atoms with Gasteiger partial charge < -0.3 is 15.4 Å². The van der Waals surface area contributed by atoms with Gasteiger partial charge in [0.1, 0.15) is 5.75 Å². The van der Waals surface area contributed by atoms with E-state index in [4.69, 9.17) is 11.6 Å². The van der Waals surface area contributed by atoms with Crippen molar-refractivity contribution in [3.05, 3.63) is 59.8 Å². The third-order valence-electron chi connectivity index (χ3n) is 6.32. The van der Waals surface area contributed by atoms with Gasteiger partial charge in [0.15, 0.2) is 0 Å². The van der Waals surface area contributed by atoms with E-state index in [0.717, 1.165) is 4.90 Å². The van der Waals surface area contributed by atoms with Crippen LogP contribution in [0.25, 0.3) is 11.3 Å². The molecular weight excluding hydrogens is 496 g/mol. The van der Waals surface area contributed by atoms with E-state index in [0.29, 0.717) is 47.7 Å². The molecule has 0 bridgehead atoms. The van der Waals surface area contributed by atoms with Crippen LogP contribution in [0.15, 0.2) is 48.7 Å². The van der Waals surface area contributed by atoms with Gasteiger partial charge in [0.2, 0.25) is 11.8 Å². The van der Waals surface area contributed by atoms with Crippen molar-refractivity contribution in [3.8, 4) is 17.0 Å². The number of aromatic amines is 1. The maximum Gasteiger partial charge on any atom is 0.487 e. The number of hydrogen-bond donors (Lipinski definition) is 3. The Morgan fingerprint density at radius 1 is 1.22 bits per heavy atom.